The molecule has 0 aliphatic carbocycles. The van der Waals surface area contributed by atoms with Gasteiger partial charge in [0.2, 0.25) is 0 Å². The van der Waals surface area contributed by atoms with Crippen molar-refractivity contribution in [2.24, 2.45) is 0 Å². The molecule has 0 aromatic carbocycles. The van der Waals surface area contributed by atoms with E-state index in [9.17, 15) is 13.2 Å². The Kier molecular flexibility index (Phi) is 3.11. The van der Waals surface area contributed by atoms with Crippen LogP contribution in [0.15, 0.2) is 18.3 Å². The summed E-state index contributed by atoms with van der Waals surface area (Å²) in [6, 6.07) is 1.95. The number of hydrogen-bond acceptors (Lipinski definition) is 3. The lowest BCUT2D eigenvalue weighted by molar-refractivity contribution is -0.137. The normalized spacial score (nSPS) is 22.1. The molecule has 0 spiro atoms. The summed E-state index contributed by atoms with van der Waals surface area (Å²) in [6.45, 7) is 2.17. The fourth-order valence-electron chi connectivity index (χ4n) is 1.68. The van der Waals surface area contributed by atoms with Gasteiger partial charge in [0, 0.05) is 25.8 Å². The van der Waals surface area contributed by atoms with E-state index < -0.39 is 11.7 Å². The lowest BCUT2D eigenvalue weighted by atomic mass is 10.1. The molecule has 0 amide bonds. The topological polar surface area (TPSA) is 37.0 Å². The van der Waals surface area contributed by atoms with Crippen LogP contribution in [0.2, 0.25) is 0 Å². The summed E-state index contributed by atoms with van der Waals surface area (Å²) in [5.41, 5.74) is -0.216. The van der Waals surface area contributed by atoms with Gasteiger partial charge in [-0.3, -0.25) is 4.98 Å². The molecule has 1 aromatic rings. The molecule has 3 nitrogen and oxygen atoms in total. The van der Waals surface area contributed by atoms with E-state index in [1.165, 1.54) is 6.20 Å². The van der Waals surface area contributed by atoms with Gasteiger partial charge in [0.25, 0.3) is 0 Å². The molecule has 1 saturated heterocycles. The van der Waals surface area contributed by atoms with Gasteiger partial charge in [0.1, 0.15) is 0 Å². The van der Waals surface area contributed by atoms with Crippen LogP contribution in [0.3, 0.4) is 0 Å². The van der Waals surface area contributed by atoms with E-state index in [-0.39, 0.29) is 6.04 Å². The molecule has 88 valence electrons. The van der Waals surface area contributed by atoms with Crippen molar-refractivity contribution >= 4 is 0 Å². The van der Waals surface area contributed by atoms with Crippen molar-refractivity contribution in [3.63, 3.8) is 0 Å². The molecule has 16 heavy (non-hydrogen) atoms. The van der Waals surface area contributed by atoms with Gasteiger partial charge >= 0.3 is 6.18 Å². The fourth-order valence-corrected chi connectivity index (χ4v) is 1.68. The van der Waals surface area contributed by atoms with Gasteiger partial charge in [0.15, 0.2) is 0 Å². The van der Waals surface area contributed by atoms with Crippen LogP contribution in [0.4, 0.5) is 13.2 Å². The van der Waals surface area contributed by atoms with Crippen LogP contribution < -0.4 is 10.6 Å². The molecular formula is C10H12F3N3. The van der Waals surface area contributed by atoms with E-state index in [0.717, 1.165) is 25.2 Å². The maximum Gasteiger partial charge on any atom is 0.416 e. The highest BCUT2D eigenvalue weighted by atomic mass is 19.4. The second kappa shape index (κ2) is 4.39. The van der Waals surface area contributed by atoms with E-state index in [0.29, 0.717) is 12.2 Å². The van der Waals surface area contributed by atoms with Gasteiger partial charge in [-0.05, 0) is 12.1 Å². The van der Waals surface area contributed by atoms with Gasteiger partial charge in [-0.1, -0.05) is 0 Å². The lowest BCUT2D eigenvalue weighted by Crippen LogP contribution is -2.43. The number of alkyl halides is 3. The zero-order valence-electron chi connectivity index (χ0n) is 8.51. The predicted molar refractivity (Wildman–Crippen MR) is 52.9 cm³/mol. The summed E-state index contributed by atoms with van der Waals surface area (Å²) >= 11 is 0. The number of aromatic nitrogens is 1. The molecule has 2 N–H and O–H groups in total. The van der Waals surface area contributed by atoms with Gasteiger partial charge in [-0.25, -0.2) is 0 Å². The Hall–Kier alpha value is -1.14. The van der Waals surface area contributed by atoms with Crippen LogP contribution in [0.1, 0.15) is 17.3 Å². The van der Waals surface area contributed by atoms with Crippen LogP contribution in [0, 0.1) is 0 Å². The van der Waals surface area contributed by atoms with Crippen molar-refractivity contribution in [3.8, 4) is 0 Å². The highest BCUT2D eigenvalue weighted by Crippen LogP contribution is 2.29. The summed E-state index contributed by atoms with van der Waals surface area (Å²) in [5.74, 6) is 0. The number of nitrogens with zero attached hydrogens (tertiary/aromatic N) is 1. The summed E-state index contributed by atoms with van der Waals surface area (Å²) in [7, 11) is 0. The molecule has 2 heterocycles. The highest BCUT2D eigenvalue weighted by molar-refractivity contribution is 5.22. The van der Waals surface area contributed by atoms with Crippen molar-refractivity contribution in [1.29, 1.82) is 0 Å². The average Bonchev–Trinajstić information content (AvgIpc) is 2.29. The first kappa shape index (κ1) is 11.3. The third-order valence-corrected chi connectivity index (χ3v) is 2.51. The number of hydrogen-bond donors (Lipinski definition) is 2. The van der Waals surface area contributed by atoms with Crippen molar-refractivity contribution in [2.45, 2.75) is 12.2 Å². The molecule has 1 fully saturated rings. The van der Waals surface area contributed by atoms with E-state index in [4.69, 9.17) is 0 Å². The maximum absolute atomic E-state index is 12.5. The van der Waals surface area contributed by atoms with Crippen molar-refractivity contribution in [1.82, 2.24) is 15.6 Å². The molecular weight excluding hydrogens is 219 g/mol. The standard InChI is InChI=1S/C10H12F3N3/c11-10(12,13)7-1-2-15-8(5-7)9-6-14-3-4-16-9/h1-2,5,9,14,16H,3-4,6H2. The van der Waals surface area contributed by atoms with Crippen LogP contribution in [0.5, 0.6) is 0 Å². The lowest BCUT2D eigenvalue weighted by Gasteiger charge is -2.24. The number of piperazine rings is 1. The quantitative estimate of drug-likeness (QED) is 0.765. The molecule has 1 atom stereocenters. The van der Waals surface area contributed by atoms with Crippen molar-refractivity contribution < 1.29 is 13.2 Å². The monoisotopic (exact) mass is 231 g/mol. The second-order valence-electron chi connectivity index (χ2n) is 3.68. The van der Waals surface area contributed by atoms with E-state index in [1.807, 2.05) is 0 Å². The highest BCUT2D eigenvalue weighted by Gasteiger charge is 2.31. The Morgan fingerprint density at radius 1 is 1.31 bits per heavy atom. The molecule has 1 aromatic heterocycles. The molecule has 1 aliphatic heterocycles. The first-order valence-corrected chi connectivity index (χ1v) is 5.04. The number of rotatable bonds is 1. The third kappa shape index (κ3) is 2.51. The van der Waals surface area contributed by atoms with Gasteiger partial charge < -0.3 is 10.6 Å². The first-order valence-electron chi connectivity index (χ1n) is 5.04. The molecule has 6 heteroatoms. The van der Waals surface area contributed by atoms with Gasteiger partial charge in [0.05, 0.1) is 17.3 Å². The van der Waals surface area contributed by atoms with Crippen LogP contribution in [-0.2, 0) is 6.18 Å². The van der Waals surface area contributed by atoms with Crippen LogP contribution in [0.25, 0.3) is 0 Å². The smallest absolute Gasteiger partial charge is 0.314 e. The van der Waals surface area contributed by atoms with Crippen LogP contribution >= 0.6 is 0 Å². The Morgan fingerprint density at radius 3 is 2.75 bits per heavy atom. The Morgan fingerprint density at radius 2 is 2.12 bits per heavy atom. The average molecular weight is 231 g/mol. The van der Waals surface area contributed by atoms with Gasteiger partial charge in [-0.2, -0.15) is 13.2 Å². The third-order valence-electron chi connectivity index (χ3n) is 2.51. The van der Waals surface area contributed by atoms with Gasteiger partial charge in [-0.15, -0.1) is 0 Å². The predicted octanol–water partition coefficient (Wildman–Crippen LogP) is 1.33. The summed E-state index contributed by atoms with van der Waals surface area (Å²) in [6.07, 6.45) is -3.10. The Labute approximate surface area is 91.1 Å². The minimum atomic E-state index is -4.31. The minimum Gasteiger partial charge on any atom is -0.314 e. The fraction of sp³-hybridized carbons (Fsp3) is 0.500. The molecule has 0 bridgehead atoms. The zero-order chi connectivity index (χ0) is 11.6. The van der Waals surface area contributed by atoms with Crippen molar-refractivity contribution in [2.75, 3.05) is 19.6 Å². The Balaban J connectivity index is 2.21. The van der Waals surface area contributed by atoms with E-state index >= 15 is 0 Å². The zero-order valence-corrected chi connectivity index (χ0v) is 8.51. The molecule has 0 saturated carbocycles. The SMILES string of the molecule is FC(F)(F)c1ccnc(C2CNCCN2)c1. The summed E-state index contributed by atoms with van der Waals surface area (Å²) in [5, 5.41) is 6.23. The van der Waals surface area contributed by atoms with E-state index in [1.54, 1.807) is 0 Å². The molecule has 1 unspecified atom stereocenters. The largest absolute Gasteiger partial charge is 0.416 e. The minimum absolute atomic E-state index is 0.143. The van der Waals surface area contributed by atoms with Crippen LogP contribution in [-0.4, -0.2) is 24.6 Å². The molecule has 0 radical (unpaired) electrons. The first-order chi connectivity index (χ1) is 7.57. The number of pyridine rings is 1. The molecule has 2 rings (SSSR count). The summed E-state index contributed by atoms with van der Waals surface area (Å²) in [4.78, 5) is 3.97. The number of nitrogens with one attached hydrogen (secondary N) is 2. The number of halogens is 3. The Bertz CT molecular complexity index is 359. The van der Waals surface area contributed by atoms with E-state index in [2.05, 4.69) is 15.6 Å². The summed E-state index contributed by atoms with van der Waals surface area (Å²) < 4.78 is 37.4. The molecule has 1 aliphatic rings. The maximum atomic E-state index is 12.5. The van der Waals surface area contributed by atoms with Crippen molar-refractivity contribution in [3.05, 3.63) is 29.6 Å². The second-order valence-corrected chi connectivity index (χ2v) is 3.68.